The number of carbonyl (C=O) groups is 1. The molecule has 5 nitrogen and oxygen atoms in total. The van der Waals surface area contributed by atoms with Gasteiger partial charge in [-0.3, -0.25) is 4.79 Å². The molecule has 128 valence electrons. The van der Waals surface area contributed by atoms with Gasteiger partial charge in [-0.05, 0) is 12.0 Å². The first-order valence-electron chi connectivity index (χ1n) is 8.53. The van der Waals surface area contributed by atoms with Crippen molar-refractivity contribution in [3.63, 3.8) is 0 Å². The molecule has 1 heterocycles. The minimum atomic E-state index is 0.272. The summed E-state index contributed by atoms with van der Waals surface area (Å²) in [5.74, 6) is 0.272. The summed E-state index contributed by atoms with van der Waals surface area (Å²) in [6.07, 6.45) is 1.60. The fraction of sp³-hybridized carbons (Fsp3) is 0.611. The highest BCUT2D eigenvalue weighted by Gasteiger charge is 2.17. The molecule has 0 aliphatic carbocycles. The topological polar surface area (TPSA) is 44.8 Å². The lowest BCUT2D eigenvalue weighted by Crippen LogP contribution is -2.47. The van der Waals surface area contributed by atoms with Gasteiger partial charge in [0.05, 0.1) is 6.61 Å². The molecule has 0 atom stereocenters. The van der Waals surface area contributed by atoms with Crippen LogP contribution in [0.5, 0.6) is 0 Å². The van der Waals surface area contributed by atoms with Crippen LogP contribution >= 0.6 is 0 Å². The highest BCUT2D eigenvalue weighted by Crippen LogP contribution is 2.04. The van der Waals surface area contributed by atoms with E-state index in [2.05, 4.69) is 34.5 Å². The standard InChI is InChI=1S/C18H29N3O2/c1-23-16-15-20(11-7-17-5-3-2-4-6-17)12-8-18(22)21-13-9-19-10-14-21/h2-6,19H,7-16H2,1H3. The monoisotopic (exact) mass is 319 g/mol. The number of ether oxygens (including phenoxy) is 1. The van der Waals surface area contributed by atoms with Crippen molar-refractivity contribution in [2.45, 2.75) is 12.8 Å². The lowest BCUT2D eigenvalue weighted by atomic mass is 10.1. The molecular weight excluding hydrogens is 290 g/mol. The van der Waals surface area contributed by atoms with Crippen LogP contribution in [0.1, 0.15) is 12.0 Å². The van der Waals surface area contributed by atoms with E-state index in [1.165, 1.54) is 5.56 Å². The van der Waals surface area contributed by atoms with E-state index >= 15 is 0 Å². The Balaban J connectivity index is 1.76. The van der Waals surface area contributed by atoms with E-state index in [1.807, 2.05) is 11.0 Å². The molecule has 1 amide bonds. The number of carbonyl (C=O) groups excluding carboxylic acids is 1. The molecule has 1 fully saturated rings. The number of benzene rings is 1. The highest BCUT2D eigenvalue weighted by molar-refractivity contribution is 5.76. The predicted molar refractivity (Wildman–Crippen MR) is 92.5 cm³/mol. The number of piperazine rings is 1. The van der Waals surface area contributed by atoms with Crippen molar-refractivity contribution in [3.05, 3.63) is 35.9 Å². The Morgan fingerprint density at radius 1 is 1.17 bits per heavy atom. The van der Waals surface area contributed by atoms with Crippen LogP contribution in [-0.4, -0.2) is 75.2 Å². The molecule has 2 rings (SSSR count). The van der Waals surface area contributed by atoms with Crippen molar-refractivity contribution in [1.82, 2.24) is 15.1 Å². The van der Waals surface area contributed by atoms with Crippen LogP contribution in [0.3, 0.4) is 0 Å². The average Bonchev–Trinajstić information content (AvgIpc) is 2.62. The summed E-state index contributed by atoms with van der Waals surface area (Å²) in [6, 6.07) is 10.5. The van der Waals surface area contributed by atoms with Gasteiger partial charge in [0.1, 0.15) is 0 Å². The lowest BCUT2D eigenvalue weighted by molar-refractivity contribution is -0.132. The van der Waals surface area contributed by atoms with Crippen molar-refractivity contribution in [3.8, 4) is 0 Å². The number of hydrogen-bond acceptors (Lipinski definition) is 4. The van der Waals surface area contributed by atoms with Crippen LogP contribution in [0.25, 0.3) is 0 Å². The number of nitrogens with one attached hydrogen (secondary N) is 1. The van der Waals surface area contributed by atoms with Crippen LogP contribution in [0.2, 0.25) is 0 Å². The maximum absolute atomic E-state index is 12.3. The van der Waals surface area contributed by atoms with Crippen molar-refractivity contribution >= 4 is 5.91 Å². The van der Waals surface area contributed by atoms with Gasteiger partial charge in [-0.25, -0.2) is 0 Å². The number of nitrogens with zero attached hydrogens (tertiary/aromatic N) is 2. The third-order valence-corrected chi connectivity index (χ3v) is 4.28. The molecule has 1 aromatic carbocycles. The van der Waals surface area contributed by atoms with Crippen LogP contribution in [0.15, 0.2) is 30.3 Å². The Hall–Kier alpha value is -1.43. The van der Waals surface area contributed by atoms with Gasteiger partial charge in [0, 0.05) is 59.3 Å². The Kier molecular flexibility index (Phi) is 8.07. The van der Waals surface area contributed by atoms with Gasteiger partial charge in [0.2, 0.25) is 5.91 Å². The largest absolute Gasteiger partial charge is 0.383 e. The second-order valence-corrected chi connectivity index (χ2v) is 5.95. The normalized spacial score (nSPS) is 15.1. The van der Waals surface area contributed by atoms with Gasteiger partial charge in [-0.15, -0.1) is 0 Å². The Morgan fingerprint density at radius 3 is 2.61 bits per heavy atom. The Bertz CT molecular complexity index is 447. The minimum absolute atomic E-state index is 0.272. The number of rotatable bonds is 9. The molecule has 0 spiro atoms. The zero-order valence-corrected chi connectivity index (χ0v) is 14.2. The lowest BCUT2D eigenvalue weighted by Gasteiger charge is -2.29. The van der Waals surface area contributed by atoms with Gasteiger partial charge in [-0.2, -0.15) is 0 Å². The van der Waals surface area contributed by atoms with Gasteiger partial charge in [0.15, 0.2) is 0 Å². The second kappa shape index (κ2) is 10.4. The Morgan fingerprint density at radius 2 is 1.91 bits per heavy atom. The van der Waals surface area contributed by atoms with Crippen LogP contribution < -0.4 is 5.32 Å². The van der Waals surface area contributed by atoms with E-state index in [1.54, 1.807) is 7.11 Å². The summed E-state index contributed by atoms with van der Waals surface area (Å²) in [5, 5.41) is 3.28. The first-order chi connectivity index (χ1) is 11.3. The van der Waals surface area contributed by atoms with Gasteiger partial charge in [-0.1, -0.05) is 30.3 Å². The maximum atomic E-state index is 12.3. The average molecular weight is 319 g/mol. The molecule has 0 unspecified atom stereocenters. The molecule has 0 radical (unpaired) electrons. The SMILES string of the molecule is COCCN(CCC(=O)N1CCNCC1)CCc1ccccc1. The first kappa shape index (κ1) is 17.9. The van der Waals surface area contributed by atoms with Crippen LogP contribution in [0.4, 0.5) is 0 Å². The first-order valence-corrected chi connectivity index (χ1v) is 8.53. The Labute approximate surface area is 139 Å². The minimum Gasteiger partial charge on any atom is -0.383 e. The molecular formula is C18H29N3O2. The molecule has 23 heavy (non-hydrogen) atoms. The summed E-state index contributed by atoms with van der Waals surface area (Å²) in [6.45, 7) is 6.83. The van der Waals surface area contributed by atoms with E-state index in [-0.39, 0.29) is 5.91 Å². The second-order valence-electron chi connectivity index (χ2n) is 5.95. The van der Waals surface area contributed by atoms with Gasteiger partial charge >= 0.3 is 0 Å². The van der Waals surface area contributed by atoms with Crippen molar-refractivity contribution < 1.29 is 9.53 Å². The van der Waals surface area contributed by atoms with Gasteiger partial charge in [0.25, 0.3) is 0 Å². The molecule has 0 bridgehead atoms. The summed E-state index contributed by atoms with van der Waals surface area (Å²) in [4.78, 5) is 16.6. The molecule has 5 heteroatoms. The van der Waals surface area contributed by atoms with E-state index in [4.69, 9.17) is 4.74 Å². The van der Waals surface area contributed by atoms with E-state index in [0.29, 0.717) is 13.0 Å². The van der Waals surface area contributed by atoms with Crippen molar-refractivity contribution in [2.75, 3.05) is 59.5 Å². The fourth-order valence-electron chi connectivity index (χ4n) is 2.81. The van der Waals surface area contributed by atoms with Crippen LogP contribution in [-0.2, 0) is 16.0 Å². The summed E-state index contributed by atoms with van der Waals surface area (Å²) < 4.78 is 5.20. The number of methoxy groups -OCH3 is 1. The van der Waals surface area contributed by atoms with Crippen molar-refractivity contribution in [1.29, 1.82) is 0 Å². The molecule has 0 aromatic heterocycles. The summed E-state index contributed by atoms with van der Waals surface area (Å²) >= 11 is 0. The zero-order valence-electron chi connectivity index (χ0n) is 14.2. The van der Waals surface area contributed by atoms with Crippen molar-refractivity contribution in [2.24, 2.45) is 0 Å². The number of hydrogen-bond donors (Lipinski definition) is 1. The summed E-state index contributed by atoms with van der Waals surface area (Å²) in [7, 11) is 1.72. The third-order valence-electron chi connectivity index (χ3n) is 4.28. The van der Waals surface area contributed by atoms with Gasteiger partial charge < -0.3 is 19.9 Å². The van der Waals surface area contributed by atoms with E-state index in [0.717, 1.165) is 52.2 Å². The quantitative estimate of drug-likeness (QED) is 0.737. The smallest absolute Gasteiger partial charge is 0.223 e. The van der Waals surface area contributed by atoms with Crippen LogP contribution in [0, 0.1) is 0 Å². The predicted octanol–water partition coefficient (Wildman–Crippen LogP) is 0.999. The molecule has 1 aromatic rings. The third kappa shape index (κ3) is 6.69. The number of amides is 1. The molecule has 1 aliphatic heterocycles. The molecule has 1 N–H and O–H groups in total. The zero-order chi connectivity index (χ0) is 16.3. The highest BCUT2D eigenvalue weighted by atomic mass is 16.5. The molecule has 0 saturated carbocycles. The maximum Gasteiger partial charge on any atom is 0.223 e. The summed E-state index contributed by atoms with van der Waals surface area (Å²) in [5.41, 5.74) is 1.34. The molecule has 1 saturated heterocycles. The fourth-order valence-corrected chi connectivity index (χ4v) is 2.81. The van der Waals surface area contributed by atoms with E-state index < -0.39 is 0 Å². The van der Waals surface area contributed by atoms with E-state index in [9.17, 15) is 4.79 Å². The molecule has 1 aliphatic rings.